The molecule has 0 bridgehead atoms. The van der Waals surface area contributed by atoms with Crippen LogP contribution in [0.2, 0.25) is 0 Å². The highest BCUT2D eigenvalue weighted by molar-refractivity contribution is 5.79. The molecule has 1 amide bonds. The zero-order valence-electron chi connectivity index (χ0n) is 10.8. The minimum atomic E-state index is -0.123. The predicted octanol–water partition coefficient (Wildman–Crippen LogP) is 1.95. The van der Waals surface area contributed by atoms with Gasteiger partial charge in [-0.25, -0.2) is 0 Å². The molecule has 4 nitrogen and oxygen atoms in total. The summed E-state index contributed by atoms with van der Waals surface area (Å²) in [6, 6.07) is 10.7. The zero-order chi connectivity index (χ0) is 13.7. The fourth-order valence-electron chi connectivity index (χ4n) is 1.70. The summed E-state index contributed by atoms with van der Waals surface area (Å²) >= 11 is 0. The number of para-hydroxylation sites is 1. The van der Waals surface area contributed by atoms with E-state index in [1.54, 1.807) is 30.5 Å². The van der Waals surface area contributed by atoms with E-state index in [0.717, 1.165) is 11.3 Å². The Kier molecular flexibility index (Phi) is 4.13. The van der Waals surface area contributed by atoms with E-state index in [2.05, 4.69) is 10.3 Å². The van der Waals surface area contributed by atoms with Gasteiger partial charge >= 0.3 is 0 Å². The van der Waals surface area contributed by atoms with Gasteiger partial charge in [-0.05, 0) is 24.6 Å². The van der Waals surface area contributed by atoms with Crippen LogP contribution < -0.4 is 5.32 Å². The lowest BCUT2D eigenvalue weighted by Gasteiger charge is -2.06. The molecule has 0 saturated carbocycles. The lowest BCUT2D eigenvalue weighted by Crippen LogP contribution is -2.24. The van der Waals surface area contributed by atoms with Crippen LogP contribution in [0.15, 0.2) is 42.6 Å². The number of amides is 1. The van der Waals surface area contributed by atoms with Crippen LogP contribution in [0, 0.1) is 6.92 Å². The van der Waals surface area contributed by atoms with Crippen molar-refractivity contribution in [2.24, 2.45) is 0 Å². The van der Waals surface area contributed by atoms with Crippen LogP contribution in [0.25, 0.3) is 0 Å². The number of aryl methyl sites for hydroxylation is 1. The molecule has 19 heavy (non-hydrogen) atoms. The zero-order valence-corrected chi connectivity index (χ0v) is 10.8. The lowest BCUT2D eigenvalue weighted by molar-refractivity contribution is -0.120. The molecule has 98 valence electrons. The molecule has 0 aliphatic carbocycles. The molecule has 0 aliphatic rings. The van der Waals surface area contributed by atoms with Crippen LogP contribution in [-0.2, 0) is 17.8 Å². The minimum Gasteiger partial charge on any atom is -0.508 e. The van der Waals surface area contributed by atoms with Crippen molar-refractivity contribution >= 4 is 5.91 Å². The van der Waals surface area contributed by atoms with Crippen molar-refractivity contribution in [3.8, 4) is 5.75 Å². The van der Waals surface area contributed by atoms with Gasteiger partial charge in [-0.2, -0.15) is 0 Å². The van der Waals surface area contributed by atoms with E-state index in [1.807, 2.05) is 19.1 Å². The molecule has 0 unspecified atom stereocenters. The third-order valence-corrected chi connectivity index (χ3v) is 2.80. The van der Waals surface area contributed by atoms with E-state index >= 15 is 0 Å². The van der Waals surface area contributed by atoms with Gasteiger partial charge < -0.3 is 10.4 Å². The van der Waals surface area contributed by atoms with Crippen LogP contribution in [0.1, 0.15) is 16.8 Å². The summed E-state index contributed by atoms with van der Waals surface area (Å²) in [4.78, 5) is 15.9. The Hall–Kier alpha value is -2.36. The van der Waals surface area contributed by atoms with E-state index < -0.39 is 0 Å². The number of pyridine rings is 1. The first-order valence-corrected chi connectivity index (χ1v) is 6.10. The molecule has 0 atom stereocenters. The number of rotatable bonds is 4. The van der Waals surface area contributed by atoms with Gasteiger partial charge in [0.25, 0.3) is 0 Å². The second-order valence-electron chi connectivity index (χ2n) is 4.39. The topological polar surface area (TPSA) is 62.2 Å². The van der Waals surface area contributed by atoms with E-state index in [1.165, 1.54) is 0 Å². The van der Waals surface area contributed by atoms with Gasteiger partial charge in [0.1, 0.15) is 5.75 Å². The maximum Gasteiger partial charge on any atom is 0.224 e. The van der Waals surface area contributed by atoms with Crippen LogP contribution in [0.5, 0.6) is 5.75 Å². The maximum absolute atomic E-state index is 11.8. The van der Waals surface area contributed by atoms with Crippen molar-refractivity contribution in [1.29, 1.82) is 0 Å². The number of hydrogen-bond donors (Lipinski definition) is 2. The Morgan fingerprint density at radius 2 is 2.05 bits per heavy atom. The predicted molar refractivity (Wildman–Crippen MR) is 72.6 cm³/mol. The maximum atomic E-state index is 11.8. The first-order chi connectivity index (χ1) is 9.15. The second kappa shape index (κ2) is 6.00. The van der Waals surface area contributed by atoms with E-state index in [9.17, 15) is 9.90 Å². The van der Waals surface area contributed by atoms with Crippen molar-refractivity contribution in [1.82, 2.24) is 10.3 Å². The van der Waals surface area contributed by atoms with Crippen molar-refractivity contribution < 1.29 is 9.90 Å². The van der Waals surface area contributed by atoms with Gasteiger partial charge in [-0.15, -0.1) is 0 Å². The smallest absolute Gasteiger partial charge is 0.224 e. The Morgan fingerprint density at radius 1 is 1.26 bits per heavy atom. The minimum absolute atomic E-state index is 0.123. The Bertz CT molecular complexity index is 565. The summed E-state index contributed by atoms with van der Waals surface area (Å²) in [6.45, 7) is 2.36. The van der Waals surface area contributed by atoms with Crippen LogP contribution in [-0.4, -0.2) is 16.0 Å². The quantitative estimate of drug-likeness (QED) is 0.879. The number of carbonyl (C=O) groups excluding carboxylic acids is 1. The molecule has 0 saturated heterocycles. The monoisotopic (exact) mass is 256 g/mol. The average Bonchev–Trinajstić information content (AvgIpc) is 2.41. The number of hydrogen-bond acceptors (Lipinski definition) is 3. The largest absolute Gasteiger partial charge is 0.508 e. The average molecular weight is 256 g/mol. The summed E-state index contributed by atoms with van der Waals surface area (Å²) in [5, 5.41) is 12.4. The second-order valence-corrected chi connectivity index (χ2v) is 4.39. The van der Waals surface area contributed by atoms with E-state index in [-0.39, 0.29) is 18.1 Å². The Balaban J connectivity index is 1.88. The molecule has 0 fully saturated rings. The van der Waals surface area contributed by atoms with Gasteiger partial charge in [0.2, 0.25) is 5.91 Å². The number of benzene rings is 1. The number of nitrogens with zero attached hydrogens (tertiary/aromatic N) is 1. The van der Waals surface area contributed by atoms with Crippen LogP contribution in [0.3, 0.4) is 0 Å². The van der Waals surface area contributed by atoms with E-state index in [4.69, 9.17) is 0 Å². The molecule has 2 aromatic rings. The van der Waals surface area contributed by atoms with Crippen LogP contribution in [0.4, 0.5) is 0 Å². The molecule has 4 heteroatoms. The lowest BCUT2D eigenvalue weighted by atomic mass is 10.1. The number of aromatic hydroxyl groups is 1. The standard InChI is InChI=1S/C15H16N2O2/c1-11-6-7-12(9-16-11)10-17-15(19)8-13-4-2-3-5-14(13)18/h2-7,9,18H,8,10H2,1H3,(H,17,19). The first kappa shape index (κ1) is 13.1. The summed E-state index contributed by atoms with van der Waals surface area (Å²) in [5.74, 6) is 0.0247. The Morgan fingerprint density at radius 3 is 2.74 bits per heavy atom. The Labute approximate surface area is 112 Å². The molecule has 0 radical (unpaired) electrons. The fraction of sp³-hybridized carbons (Fsp3) is 0.200. The van der Waals surface area contributed by atoms with Crippen LogP contribution >= 0.6 is 0 Å². The van der Waals surface area contributed by atoms with Gasteiger partial charge in [0, 0.05) is 24.0 Å². The molecule has 2 rings (SSSR count). The number of phenolic OH excluding ortho intramolecular Hbond substituents is 1. The molecule has 1 heterocycles. The molecule has 1 aromatic heterocycles. The molecule has 2 N–H and O–H groups in total. The van der Waals surface area contributed by atoms with Gasteiger partial charge in [0.05, 0.1) is 6.42 Å². The van der Waals surface area contributed by atoms with Gasteiger partial charge in [0.15, 0.2) is 0 Å². The third kappa shape index (κ3) is 3.81. The number of phenols is 1. The van der Waals surface area contributed by atoms with E-state index in [0.29, 0.717) is 12.1 Å². The number of carbonyl (C=O) groups is 1. The highest BCUT2D eigenvalue weighted by Crippen LogP contribution is 2.15. The fourth-order valence-corrected chi connectivity index (χ4v) is 1.70. The first-order valence-electron chi connectivity index (χ1n) is 6.10. The molecule has 0 spiro atoms. The summed E-state index contributed by atoms with van der Waals surface area (Å²) in [7, 11) is 0. The number of aromatic nitrogens is 1. The highest BCUT2D eigenvalue weighted by atomic mass is 16.3. The SMILES string of the molecule is Cc1ccc(CNC(=O)Cc2ccccc2O)cn1. The van der Waals surface area contributed by atoms with Crippen molar-refractivity contribution in [3.63, 3.8) is 0 Å². The normalized spacial score (nSPS) is 10.2. The van der Waals surface area contributed by atoms with Crippen molar-refractivity contribution in [3.05, 3.63) is 59.4 Å². The van der Waals surface area contributed by atoms with Crippen molar-refractivity contribution in [2.75, 3.05) is 0 Å². The van der Waals surface area contributed by atoms with Gasteiger partial charge in [-0.1, -0.05) is 24.3 Å². The summed E-state index contributed by atoms with van der Waals surface area (Å²) in [6.07, 6.45) is 1.92. The van der Waals surface area contributed by atoms with Crippen molar-refractivity contribution in [2.45, 2.75) is 19.9 Å². The molecule has 0 aliphatic heterocycles. The third-order valence-electron chi connectivity index (χ3n) is 2.80. The summed E-state index contributed by atoms with van der Waals surface area (Å²) < 4.78 is 0. The molecular formula is C15H16N2O2. The number of nitrogens with one attached hydrogen (secondary N) is 1. The molecular weight excluding hydrogens is 240 g/mol. The van der Waals surface area contributed by atoms with Gasteiger partial charge in [-0.3, -0.25) is 9.78 Å². The highest BCUT2D eigenvalue weighted by Gasteiger charge is 2.06. The molecule has 1 aromatic carbocycles. The summed E-state index contributed by atoms with van der Waals surface area (Å²) in [5.41, 5.74) is 2.53.